The van der Waals surface area contributed by atoms with Gasteiger partial charge in [-0.1, -0.05) is 11.6 Å². The monoisotopic (exact) mass is 272 g/mol. The summed E-state index contributed by atoms with van der Waals surface area (Å²) in [5.41, 5.74) is -3.39. The van der Waals surface area contributed by atoms with Gasteiger partial charge in [-0.2, -0.15) is 8.42 Å². The maximum atomic E-state index is 13.3. The van der Waals surface area contributed by atoms with Gasteiger partial charge in [-0.15, -0.1) is 0 Å². The molecule has 0 aliphatic heterocycles. The summed E-state index contributed by atoms with van der Waals surface area (Å²) in [4.78, 5) is 0. The van der Waals surface area contributed by atoms with Crippen molar-refractivity contribution in [2.45, 2.75) is 12.1 Å². The molecule has 0 aromatic heterocycles. The Bertz CT molecular complexity index is 503. The fourth-order valence-corrected chi connectivity index (χ4v) is 1.83. The number of hydrogen-bond acceptors (Lipinski definition) is 3. The first-order valence-corrected chi connectivity index (χ1v) is 5.83. The Morgan fingerprint density at radius 2 is 2.00 bits per heavy atom. The van der Waals surface area contributed by atoms with Crippen LogP contribution in [-0.4, -0.2) is 18.1 Å². The first-order chi connectivity index (χ1) is 7.27. The highest BCUT2D eigenvalue weighted by Crippen LogP contribution is 2.28. The Kier molecular flexibility index (Phi) is 3.84. The third-order valence-electron chi connectivity index (χ3n) is 1.82. The molecule has 0 amide bonds. The highest BCUT2D eigenvalue weighted by Gasteiger charge is 2.26. The van der Waals surface area contributed by atoms with Gasteiger partial charge in [-0.25, -0.2) is 8.78 Å². The molecule has 4 nitrogen and oxygen atoms in total. The molecular formula is C8H7ClF2O4S. The summed E-state index contributed by atoms with van der Waals surface area (Å²) in [6, 6.07) is 1.73. The molecule has 0 bridgehead atoms. The second-order valence-corrected chi connectivity index (χ2v) is 4.87. The summed E-state index contributed by atoms with van der Waals surface area (Å²) >= 11 is 5.36. The van der Waals surface area contributed by atoms with Crippen molar-refractivity contribution in [3.05, 3.63) is 34.1 Å². The van der Waals surface area contributed by atoms with Gasteiger partial charge in [-0.3, -0.25) is 4.55 Å². The number of aliphatic hydroxyl groups is 1. The Balaban J connectivity index is 3.38. The van der Waals surface area contributed by atoms with Gasteiger partial charge in [0.2, 0.25) is 5.44 Å². The molecule has 1 aromatic carbocycles. The van der Waals surface area contributed by atoms with Crippen LogP contribution in [0, 0.1) is 5.82 Å². The van der Waals surface area contributed by atoms with Crippen LogP contribution in [0.1, 0.15) is 16.6 Å². The summed E-state index contributed by atoms with van der Waals surface area (Å²) in [5.74, 6) is -1.22. The number of halogens is 3. The minimum Gasteiger partial charge on any atom is -0.371 e. The largest absolute Gasteiger partial charge is 0.371 e. The Hall–Kier alpha value is -0.760. The highest BCUT2D eigenvalue weighted by atomic mass is 35.5. The van der Waals surface area contributed by atoms with Crippen molar-refractivity contribution in [2.24, 2.45) is 0 Å². The minimum absolute atomic E-state index is 0.107. The third-order valence-corrected chi connectivity index (χ3v) is 2.91. The van der Waals surface area contributed by atoms with Crippen LogP contribution >= 0.6 is 11.6 Å². The lowest BCUT2D eigenvalue weighted by Gasteiger charge is -2.11. The number of hydrogen-bond donors (Lipinski definition) is 2. The quantitative estimate of drug-likeness (QED) is 0.823. The van der Waals surface area contributed by atoms with Crippen LogP contribution in [-0.2, 0) is 16.8 Å². The Labute approximate surface area is 95.2 Å². The van der Waals surface area contributed by atoms with Crippen molar-refractivity contribution in [1.82, 2.24) is 0 Å². The highest BCUT2D eigenvalue weighted by molar-refractivity contribution is 7.85. The van der Waals surface area contributed by atoms with Crippen LogP contribution in [0.2, 0.25) is 5.02 Å². The molecule has 90 valence electrons. The summed E-state index contributed by atoms with van der Waals surface area (Å²) in [7, 11) is -4.89. The van der Waals surface area contributed by atoms with E-state index in [4.69, 9.17) is 21.3 Å². The molecule has 8 heteroatoms. The van der Waals surface area contributed by atoms with E-state index in [0.717, 1.165) is 12.1 Å². The predicted molar refractivity (Wildman–Crippen MR) is 52.7 cm³/mol. The summed E-state index contributed by atoms with van der Waals surface area (Å²) < 4.78 is 55.3. The smallest absolute Gasteiger partial charge is 0.296 e. The van der Waals surface area contributed by atoms with Crippen molar-refractivity contribution in [3.63, 3.8) is 0 Å². The van der Waals surface area contributed by atoms with E-state index in [2.05, 4.69) is 0 Å². The van der Waals surface area contributed by atoms with Gasteiger partial charge in [0.1, 0.15) is 12.5 Å². The molecule has 0 aliphatic rings. The number of benzene rings is 1. The van der Waals surface area contributed by atoms with Crippen molar-refractivity contribution in [3.8, 4) is 0 Å². The van der Waals surface area contributed by atoms with E-state index in [1.165, 1.54) is 0 Å². The molecule has 1 rings (SSSR count). The van der Waals surface area contributed by atoms with Crippen molar-refractivity contribution < 1.29 is 26.9 Å². The van der Waals surface area contributed by atoms with E-state index >= 15 is 0 Å². The molecule has 2 N–H and O–H groups in total. The minimum atomic E-state index is -4.89. The molecular weight excluding hydrogens is 266 g/mol. The van der Waals surface area contributed by atoms with E-state index < -0.39 is 38.6 Å². The zero-order valence-corrected chi connectivity index (χ0v) is 9.26. The van der Waals surface area contributed by atoms with Gasteiger partial charge in [-0.05, 0) is 17.7 Å². The number of alkyl halides is 1. The maximum Gasteiger partial charge on any atom is 0.296 e. The van der Waals surface area contributed by atoms with Crippen molar-refractivity contribution in [1.29, 1.82) is 0 Å². The second kappa shape index (κ2) is 4.62. The van der Waals surface area contributed by atoms with Crippen LogP contribution in [0.3, 0.4) is 0 Å². The van der Waals surface area contributed by atoms with Gasteiger partial charge < -0.3 is 5.11 Å². The van der Waals surface area contributed by atoms with E-state index in [-0.39, 0.29) is 5.56 Å². The lowest BCUT2D eigenvalue weighted by Crippen LogP contribution is -2.13. The first-order valence-electron chi connectivity index (χ1n) is 3.95. The van der Waals surface area contributed by atoms with Crippen LogP contribution in [0.5, 0.6) is 0 Å². The molecule has 0 heterocycles. The Morgan fingerprint density at radius 1 is 1.44 bits per heavy atom. The lowest BCUT2D eigenvalue weighted by molar-refractivity contribution is 0.233. The van der Waals surface area contributed by atoms with Crippen LogP contribution < -0.4 is 0 Å². The van der Waals surface area contributed by atoms with Crippen molar-refractivity contribution >= 4 is 21.7 Å². The average Bonchev–Trinajstić information content (AvgIpc) is 2.19. The number of rotatable bonds is 3. The fourth-order valence-electron chi connectivity index (χ4n) is 1.09. The van der Waals surface area contributed by atoms with Crippen LogP contribution in [0.25, 0.3) is 0 Å². The number of aliphatic hydroxyl groups excluding tert-OH is 1. The van der Waals surface area contributed by atoms with Crippen LogP contribution in [0.15, 0.2) is 12.1 Å². The third kappa shape index (κ3) is 2.67. The molecule has 0 fully saturated rings. The lowest BCUT2D eigenvalue weighted by atomic mass is 10.1. The zero-order valence-electron chi connectivity index (χ0n) is 7.69. The maximum absolute atomic E-state index is 13.3. The predicted octanol–water partition coefficient (Wildman–Crippen LogP) is 1.83. The summed E-state index contributed by atoms with van der Waals surface area (Å²) in [5, 5.41) is 8.59. The van der Waals surface area contributed by atoms with Crippen LogP contribution in [0.4, 0.5) is 8.78 Å². The second-order valence-electron chi connectivity index (χ2n) is 2.98. The summed E-state index contributed by atoms with van der Waals surface area (Å²) in [6.45, 7) is -1.01. The molecule has 0 saturated heterocycles. The Morgan fingerprint density at radius 3 is 2.44 bits per heavy atom. The van der Waals surface area contributed by atoms with Gasteiger partial charge in [0.15, 0.2) is 0 Å². The average molecular weight is 273 g/mol. The normalized spacial score (nSPS) is 13.8. The zero-order chi connectivity index (χ0) is 12.5. The first kappa shape index (κ1) is 13.3. The summed E-state index contributed by atoms with van der Waals surface area (Å²) in [6.07, 6.45) is 0. The van der Waals surface area contributed by atoms with Gasteiger partial charge in [0.25, 0.3) is 10.1 Å². The van der Waals surface area contributed by atoms with Gasteiger partial charge in [0, 0.05) is 5.56 Å². The van der Waals surface area contributed by atoms with E-state index in [9.17, 15) is 17.2 Å². The molecule has 0 radical (unpaired) electrons. The molecule has 1 aromatic rings. The standard InChI is InChI=1S/C8H7ClF2O4S/c9-6-2-4(3-10)1-5(7(6)11)8(12)16(13,14)15/h1-2,8,12H,3H2,(H,13,14,15). The van der Waals surface area contributed by atoms with Crippen molar-refractivity contribution in [2.75, 3.05) is 0 Å². The molecule has 0 aliphatic carbocycles. The molecule has 16 heavy (non-hydrogen) atoms. The van der Waals surface area contributed by atoms with E-state index in [1.54, 1.807) is 0 Å². The fraction of sp³-hybridized carbons (Fsp3) is 0.250. The van der Waals surface area contributed by atoms with Gasteiger partial charge >= 0.3 is 0 Å². The molecule has 1 atom stereocenters. The molecule has 0 saturated carbocycles. The van der Waals surface area contributed by atoms with Gasteiger partial charge in [0.05, 0.1) is 5.02 Å². The molecule has 0 spiro atoms. The SMILES string of the molecule is O=S(=O)(O)C(O)c1cc(CF)cc(Cl)c1F. The van der Waals surface area contributed by atoms with E-state index in [1.807, 2.05) is 0 Å². The van der Waals surface area contributed by atoms with E-state index in [0.29, 0.717) is 0 Å². The topological polar surface area (TPSA) is 74.6 Å². The molecule has 1 unspecified atom stereocenters.